The molecule has 1 amide bonds. The first-order valence-electron chi connectivity index (χ1n) is 5.93. The smallest absolute Gasteiger partial charge is 0.409 e. The van der Waals surface area contributed by atoms with Gasteiger partial charge in [-0.1, -0.05) is 44.2 Å². The molecular weight excluding hydrogens is 214 g/mol. The minimum Gasteiger partial charge on any atom is -0.441 e. The number of ether oxygens (including phenoxy) is 1. The van der Waals surface area contributed by atoms with Crippen molar-refractivity contribution in [2.24, 2.45) is 5.92 Å². The lowest BCUT2D eigenvalue weighted by atomic mass is 9.99. The van der Waals surface area contributed by atoms with E-state index in [0.29, 0.717) is 5.92 Å². The average Bonchev–Trinajstić information content (AvgIpc) is 2.28. The summed E-state index contributed by atoms with van der Waals surface area (Å²) >= 11 is 0. The van der Waals surface area contributed by atoms with Crippen molar-refractivity contribution in [3.63, 3.8) is 0 Å². The zero-order chi connectivity index (χ0) is 12.8. The summed E-state index contributed by atoms with van der Waals surface area (Å²) in [5.74, 6) is 0.482. The molecule has 0 radical (unpaired) electrons. The summed E-state index contributed by atoms with van der Waals surface area (Å²) in [6.07, 6.45) is 0.384. The Morgan fingerprint density at radius 1 is 1.24 bits per heavy atom. The fourth-order valence-corrected chi connectivity index (χ4v) is 1.58. The fraction of sp³-hybridized carbons (Fsp3) is 0.500. The van der Waals surface area contributed by atoms with E-state index < -0.39 is 0 Å². The molecule has 0 bridgehead atoms. The Balaban J connectivity index is 2.78. The third-order valence-corrected chi connectivity index (χ3v) is 2.47. The normalized spacial score (nSPS) is 12.3. The number of carbonyl (C=O) groups excluding carboxylic acids is 1. The van der Waals surface area contributed by atoms with Crippen LogP contribution in [0.5, 0.6) is 0 Å². The van der Waals surface area contributed by atoms with Crippen molar-refractivity contribution in [2.45, 2.75) is 26.4 Å². The van der Waals surface area contributed by atoms with Crippen molar-refractivity contribution < 1.29 is 9.53 Å². The third-order valence-electron chi connectivity index (χ3n) is 2.47. The van der Waals surface area contributed by atoms with Crippen LogP contribution in [-0.4, -0.2) is 25.1 Å². The van der Waals surface area contributed by atoms with E-state index in [9.17, 15) is 4.79 Å². The average molecular weight is 235 g/mol. The maximum absolute atomic E-state index is 11.6. The van der Waals surface area contributed by atoms with Gasteiger partial charge in [0.1, 0.15) is 6.10 Å². The van der Waals surface area contributed by atoms with Crippen molar-refractivity contribution in [3.05, 3.63) is 35.9 Å². The van der Waals surface area contributed by atoms with Gasteiger partial charge < -0.3 is 9.64 Å². The summed E-state index contributed by atoms with van der Waals surface area (Å²) in [5.41, 5.74) is 1.05. The molecule has 1 aromatic rings. The van der Waals surface area contributed by atoms with Gasteiger partial charge in [-0.05, 0) is 17.9 Å². The zero-order valence-electron chi connectivity index (χ0n) is 11.0. The summed E-state index contributed by atoms with van der Waals surface area (Å²) in [6.45, 7) is 4.25. The summed E-state index contributed by atoms with van der Waals surface area (Å²) in [5, 5.41) is 0. The molecule has 0 aliphatic rings. The second-order valence-corrected chi connectivity index (χ2v) is 4.81. The molecule has 94 valence electrons. The molecule has 17 heavy (non-hydrogen) atoms. The molecule has 0 heterocycles. The maximum Gasteiger partial charge on any atom is 0.409 e. The Morgan fingerprint density at radius 2 is 1.82 bits per heavy atom. The Hall–Kier alpha value is -1.51. The van der Waals surface area contributed by atoms with Crippen LogP contribution < -0.4 is 0 Å². The van der Waals surface area contributed by atoms with Crippen molar-refractivity contribution in [3.8, 4) is 0 Å². The zero-order valence-corrected chi connectivity index (χ0v) is 11.0. The predicted molar refractivity (Wildman–Crippen MR) is 68.8 cm³/mol. The van der Waals surface area contributed by atoms with Crippen LogP contribution in [0.3, 0.4) is 0 Å². The van der Waals surface area contributed by atoms with Crippen LogP contribution in [-0.2, 0) is 4.74 Å². The Labute approximate surface area is 103 Å². The monoisotopic (exact) mass is 235 g/mol. The summed E-state index contributed by atoms with van der Waals surface area (Å²) < 4.78 is 5.50. The van der Waals surface area contributed by atoms with Gasteiger partial charge in [0.15, 0.2) is 0 Å². The van der Waals surface area contributed by atoms with Gasteiger partial charge in [0, 0.05) is 14.1 Å². The summed E-state index contributed by atoms with van der Waals surface area (Å²) in [7, 11) is 3.39. The van der Waals surface area contributed by atoms with Crippen LogP contribution >= 0.6 is 0 Å². The minimum atomic E-state index is -0.292. The van der Waals surface area contributed by atoms with Crippen LogP contribution in [0.15, 0.2) is 30.3 Å². The molecule has 0 aromatic heterocycles. The molecular formula is C14H21NO2. The van der Waals surface area contributed by atoms with E-state index in [2.05, 4.69) is 13.8 Å². The Kier molecular flexibility index (Phi) is 5.01. The van der Waals surface area contributed by atoms with E-state index in [0.717, 1.165) is 12.0 Å². The highest BCUT2D eigenvalue weighted by Gasteiger charge is 2.18. The SMILES string of the molecule is CC(C)CC(OC(=O)N(C)C)c1ccccc1. The highest BCUT2D eigenvalue weighted by atomic mass is 16.6. The Morgan fingerprint density at radius 3 is 2.29 bits per heavy atom. The van der Waals surface area contributed by atoms with Gasteiger partial charge in [0.25, 0.3) is 0 Å². The third kappa shape index (κ3) is 4.47. The molecule has 1 atom stereocenters. The molecule has 0 spiro atoms. The second-order valence-electron chi connectivity index (χ2n) is 4.81. The van der Waals surface area contributed by atoms with E-state index in [1.165, 1.54) is 4.90 Å². The molecule has 0 aliphatic heterocycles. The summed E-state index contributed by atoms with van der Waals surface area (Å²) in [4.78, 5) is 13.1. The molecule has 1 aromatic carbocycles. The number of rotatable bonds is 4. The molecule has 1 unspecified atom stereocenters. The number of hydrogen-bond donors (Lipinski definition) is 0. The van der Waals surface area contributed by atoms with Gasteiger partial charge in [-0.3, -0.25) is 0 Å². The minimum absolute atomic E-state index is 0.161. The van der Waals surface area contributed by atoms with Crippen LogP contribution in [0.25, 0.3) is 0 Å². The van der Waals surface area contributed by atoms with Gasteiger partial charge >= 0.3 is 6.09 Å². The molecule has 0 fully saturated rings. The van der Waals surface area contributed by atoms with Crippen molar-refractivity contribution in [2.75, 3.05) is 14.1 Å². The lowest BCUT2D eigenvalue weighted by Crippen LogP contribution is -2.25. The van der Waals surface area contributed by atoms with Crippen molar-refractivity contribution in [1.29, 1.82) is 0 Å². The molecule has 0 aliphatic carbocycles. The van der Waals surface area contributed by atoms with Gasteiger partial charge in [-0.25, -0.2) is 4.79 Å². The first-order chi connectivity index (χ1) is 8.00. The second kappa shape index (κ2) is 6.28. The molecule has 1 rings (SSSR count). The van der Waals surface area contributed by atoms with E-state index in [1.54, 1.807) is 14.1 Å². The van der Waals surface area contributed by atoms with Crippen LogP contribution in [0.4, 0.5) is 4.79 Å². The van der Waals surface area contributed by atoms with Gasteiger partial charge in [0.05, 0.1) is 0 Å². The number of amides is 1. The highest BCUT2D eigenvalue weighted by Crippen LogP contribution is 2.25. The lowest BCUT2D eigenvalue weighted by Gasteiger charge is -2.22. The number of nitrogens with zero attached hydrogens (tertiary/aromatic N) is 1. The Bertz CT molecular complexity index is 346. The molecule has 3 heteroatoms. The van der Waals surface area contributed by atoms with Gasteiger partial charge in [-0.2, -0.15) is 0 Å². The number of carbonyl (C=O) groups is 1. The predicted octanol–water partition coefficient (Wildman–Crippen LogP) is 3.47. The maximum atomic E-state index is 11.6. The number of benzene rings is 1. The largest absolute Gasteiger partial charge is 0.441 e. The van der Waals surface area contributed by atoms with Crippen LogP contribution in [0.1, 0.15) is 31.9 Å². The van der Waals surface area contributed by atoms with Crippen molar-refractivity contribution in [1.82, 2.24) is 4.90 Å². The standard InChI is InChI=1S/C14H21NO2/c1-11(2)10-13(17-14(16)15(3)4)12-8-6-5-7-9-12/h5-9,11,13H,10H2,1-4H3. The van der Waals surface area contributed by atoms with E-state index in [1.807, 2.05) is 30.3 Å². The summed E-state index contributed by atoms with van der Waals surface area (Å²) in [6, 6.07) is 9.88. The topological polar surface area (TPSA) is 29.5 Å². The lowest BCUT2D eigenvalue weighted by molar-refractivity contribution is 0.0638. The van der Waals surface area contributed by atoms with E-state index in [-0.39, 0.29) is 12.2 Å². The van der Waals surface area contributed by atoms with Gasteiger partial charge in [0.2, 0.25) is 0 Å². The first-order valence-corrected chi connectivity index (χ1v) is 5.93. The number of hydrogen-bond acceptors (Lipinski definition) is 2. The van der Waals surface area contributed by atoms with Crippen LogP contribution in [0.2, 0.25) is 0 Å². The van der Waals surface area contributed by atoms with Crippen LogP contribution in [0, 0.1) is 5.92 Å². The van der Waals surface area contributed by atoms with E-state index >= 15 is 0 Å². The molecule has 3 nitrogen and oxygen atoms in total. The van der Waals surface area contributed by atoms with Crippen molar-refractivity contribution >= 4 is 6.09 Å². The van der Waals surface area contributed by atoms with Gasteiger partial charge in [-0.15, -0.1) is 0 Å². The quantitative estimate of drug-likeness (QED) is 0.799. The molecule has 0 saturated carbocycles. The first kappa shape index (κ1) is 13.6. The highest BCUT2D eigenvalue weighted by molar-refractivity contribution is 5.67. The molecule has 0 saturated heterocycles. The molecule has 0 N–H and O–H groups in total. The fourth-order valence-electron chi connectivity index (χ4n) is 1.58. The van der Waals surface area contributed by atoms with E-state index in [4.69, 9.17) is 4.74 Å².